The Kier molecular flexibility index (Phi) is 16.2. The van der Waals surface area contributed by atoms with Crippen molar-refractivity contribution in [3.8, 4) is 0 Å². The highest BCUT2D eigenvalue weighted by molar-refractivity contribution is 5.66. The van der Waals surface area contributed by atoms with Gasteiger partial charge in [-0.3, -0.25) is 4.79 Å². The third-order valence-corrected chi connectivity index (χ3v) is 3.56. The molecule has 0 unspecified atom stereocenters. The van der Waals surface area contributed by atoms with Crippen molar-refractivity contribution in [3.63, 3.8) is 0 Å². The van der Waals surface area contributed by atoms with Crippen molar-refractivity contribution in [2.75, 3.05) is 0 Å². The van der Waals surface area contributed by atoms with Crippen LogP contribution in [0.5, 0.6) is 0 Å². The number of hydrogen-bond donors (Lipinski definition) is 1. The van der Waals surface area contributed by atoms with E-state index in [0.29, 0.717) is 6.42 Å². The van der Waals surface area contributed by atoms with Gasteiger partial charge in [-0.2, -0.15) is 0 Å². The minimum atomic E-state index is -0.681. The highest BCUT2D eigenvalue weighted by Gasteiger charge is 1.94. The van der Waals surface area contributed by atoms with Crippen LogP contribution in [-0.2, 0) is 4.79 Å². The first-order valence-electron chi connectivity index (χ1n) is 8.79. The van der Waals surface area contributed by atoms with Gasteiger partial charge >= 0.3 is 5.97 Å². The molecule has 0 aromatic heterocycles. The summed E-state index contributed by atoms with van der Waals surface area (Å²) < 4.78 is 0. The lowest BCUT2D eigenvalue weighted by Crippen LogP contribution is -1.92. The third kappa shape index (κ3) is 18.9. The molecular weight excluding hydrogens is 260 g/mol. The van der Waals surface area contributed by atoms with Gasteiger partial charge in [0.2, 0.25) is 0 Å². The van der Waals surface area contributed by atoms with Gasteiger partial charge in [0.25, 0.3) is 0 Å². The number of aliphatic carboxylic acids is 1. The lowest BCUT2D eigenvalue weighted by molar-refractivity contribution is -0.137. The van der Waals surface area contributed by atoms with Crippen LogP contribution >= 0.6 is 0 Å². The van der Waals surface area contributed by atoms with E-state index >= 15 is 0 Å². The molecule has 0 fully saturated rings. The summed E-state index contributed by atoms with van der Waals surface area (Å²) in [7, 11) is 0. The van der Waals surface area contributed by atoms with E-state index in [-0.39, 0.29) is 0 Å². The van der Waals surface area contributed by atoms with Gasteiger partial charge < -0.3 is 5.11 Å². The summed E-state index contributed by atoms with van der Waals surface area (Å²) in [5.74, 6) is -0.681. The number of carboxylic acid groups (broad SMARTS) is 1. The molecule has 0 saturated heterocycles. The van der Waals surface area contributed by atoms with Gasteiger partial charge in [-0.05, 0) is 51.4 Å². The van der Waals surface area contributed by atoms with Crippen molar-refractivity contribution < 1.29 is 9.90 Å². The predicted octanol–water partition coefficient (Wildman–Crippen LogP) is 6.27. The van der Waals surface area contributed by atoms with Crippen molar-refractivity contribution in [1.29, 1.82) is 0 Å². The zero-order valence-corrected chi connectivity index (χ0v) is 13.9. The Morgan fingerprint density at radius 2 is 1.14 bits per heavy atom. The van der Waals surface area contributed by atoms with Crippen molar-refractivity contribution in [3.05, 3.63) is 24.3 Å². The van der Waals surface area contributed by atoms with Crippen LogP contribution in [0.4, 0.5) is 0 Å². The Balaban J connectivity index is 3.14. The molecule has 2 nitrogen and oxygen atoms in total. The van der Waals surface area contributed by atoms with Gasteiger partial charge in [0, 0.05) is 6.42 Å². The van der Waals surface area contributed by atoms with E-state index < -0.39 is 5.97 Å². The Hall–Kier alpha value is -1.05. The Morgan fingerprint density at radius 1 is 0.714 bits per heavy atom. The molecule has 0 aromatic rings. The second-order valence-corrected chi connectivity index (χ2v) is 5.72. The predicted molar refractivity (Wildman–Crippen MR) is 91.6 cm³/mol. The van der Waals surface area contributed by atoms with E-state index in [2.05, 4.69) is 31.2 Å². The maximum absolute atomic E-state index is 10.3. The largest absolute Gasteiger partial charge is 0.481 e. The number of carbonyl (C=O) groups is 1. The maximum Gasteiger partial charge on any atom is 0.303 e. The molecule has 2 heteroatoms. The van der Waals surface area contributed by atoms with Crippen molar-refractivity contribution >= 4 is 5.97 Å². The minimum absolute atomic E-state index is 0.306. The molecule has 0 atom stereocenters. The summed E-state index contributed by atoms with van der Waals surface area (Å²) in [6, 6.07) is 0. The second kappa shape index (κ2) is 17.0. The summed E-state index contributed by atoms with van der Waals surface area (Å²) in [5, 5.41) is 8.51. The van der Waals surface area contributed by atoms with E-state index in [9.17, 15) is 4.79 Å². The van der Waals surface area contributed by atoms with Crippen LogP contribution in [0, 0.1) is 0 Å². The zero-order valence-electron chi connectivity index (χ0n) is 13.9. The number of hydrogen-bond acceptors (Lipinski definition) is 1. The van der Waals surface area contributed by atoms with Crippen LogP contribution in [0.1, 0.15) is 90.4 Å². The average molecular weight is 294 g/mol. The lowest BCUT2D eigenvalue weighted by atomic mass is 10.1. The van der Waals surface area contributed by atoms with Crippen LogP contribution < -0.4 is 0 Å². The third-order valence-electron chi connectivity index (χ3n) is 3.56. The summed E-state index contributed by atoms with van der Waals surface area (Å²) in [6.45, 7) is 2.23. The molecule has 0 bridgehead atoms. The molecule has 0 heterocycles. The van der Waals surface area contributed by atoms with Crippen LogP contribution in [0.3, 0.4) is 0 Å². The Morgan fingerprint density at radius 3 is 1.57 bits per heavy atom. The van der Waals surface area contributed by atoms with Crippen LogP contribution in [-0.4, -0.2) is 11.1 Å². The lowest BCUT2D eigenvalue weighted by Gasteiger charge is -1.97. The molecule has 0 aliphatic carbocycles. The van der Waals surface area contributed by atoms with E-state index in [1.807, 2.05) is 0 Å². The van der Waals surface area contributed by atoms with Crippen molar-refractivity contribution in [2.24, 2.45) is 0 Å². The fourth-order valence-corrected chi connectivity index (χ4v) is 2.21. The molecule has 122 valence electrons. The van der Waals surface area contributed by atoms with E-state index in [4.69, 9.17) is 5.11 Å². The fourth-order valence-electron chi connectivity index (χ4n) is 2.21. The van der Waals surface area contributed by atoms with Gasteiger partial charge in [0.1, 0.15) is 0 Å². The van der Waals surface area contributed by atoms with Gasteiger partial charge in [-0.25, -0.2) is 0 Å². The summed E-state index contributed by atoms with van der Waals surface area (Å²) in [4.78, 5) is 10.3. The first-order chi connectivity index (χ1) is 10.3. The van der Waals surface area contributed by atoms with E-state index in [0.717, 1.165) is 19.3 Å². The number of carboxylic acids is 1. The highest BCUT2D eigenvalue weighted by atomic mass is 16.4. The molecule has 0 radical (unpaired) electrons. The SMILES string of the molecule is CCCC/C=C/CCCCCC/C=C/CCCCC(=O)O. The minimum Gasteiger partial charge on any atom is -0.481 e. The molecule has 21 heavy (non-hydrogen) atoms. The quantitative estimate of drug-likeness (QED) is 0.285. The van der Waals surface area contributed by atoms with E-state index in [1.165, 1.54) is 57.8 Å². The highest BCUT2D eigenvalue weighted by Crippen LogP contribution is 2.08. The van der Waals surface area contributed by atoms with Gasteiger partial charge in [0.05, 0.1) is 0 Å². The van der Waals surface area contributed by atoms with Crippen LogP contribution in [0.25, 0.3) is 0 Å². The monoisotopic (exact) mass is 294 g/mol. The Labute approximate surface area is 131 Å². The Bertz CT molecular complexity index is 279. The normalized spacial score (nSPS) is 11.7. The number of rotatable bonds is 15. The first-order valence-corrected chi connectivity index (χ1v) is 8.79. The topological polar surface area (TPSA) is 37.3 Å². The van der Waals surface area contributed by atoms with E-state index in [1.54, 1.807) is 0 Å². The number of unbranched alkanes of at least 4 members (excludes halogenated alkanes) is 9. The number of allylic oxidation sites excluding steroid dienone is 4. The summed E-state index contributed by atoms with van der Waals surface area (Å²) in [6.07, 6.45) is 23.8. The van der Waals surface area contributed by atoms with Gasteiger partial charge in [-0.15, -0.1) is 0 Å². The molecule has 0 aliphatic rings. The summed E-state index contributed by atoms with van der Waals surface area (Å²) in [5.41, 5.74) is 0. The summed E-state index contributed by atoms with van der Waals surface area (Å²) >= 11 is 0. The maximum atomic E-state index is 10.3. The molecule has 0 rings (SSSR count). The molecule has 0 spiro atoms. The standard InChI is InChI=1S/C19H34O2/c1-2-3-4-5-6-7-8-9-10-11-12-13-14-15-16-17-18-19(20)21/h5-6,13-14H,2-4,7-12,15-18H2,1H3,(H,20,21)/b6-5+,14-13+. The smallest absolute Gasteiger partial charge is 0.303 e. The van der Waals surface area contributed by atoms with Crippen molar-refractivity contribution in [1.82, 2.24) is 0 Å². The van der Waals surface area contributed by atoms with Crippen LogP contribution in [0.15, 0.2) is 24.3 Å². The molecule has 0 aliphatic heterocycles. The van der Waals surface area contributed by atoms with Gasteiger partial charge in [0.15, 0.2) is 0 Å². The molecular formula is C19H34O2. The molecule has 0 aromatic carbocycles. The van der Waals surface area contributed by atoms with Crippen LogP contribution in [0.2, 0.25) is 0 Å². The molecule has 0 amide bonds. The zero-order chi connectivity index (χ0) is 15.6. The molecule has 1 N–H and O–H groups in total. The van der Waals surface area contributed by atoms with Gasteiger partial charge in [-0.1, -0.05) is 56.9 Å². The van der Waals surface area contributed by atoms with Crippen molar-refractivity contribution in [2.45, 2.75) is 90.4 Å². The first kappa shape index (κ1) is 19.9. The average Bonchev–Trinajstić information content (AvgIpc) is 2.46. The molecule has 0 saturated carbocycles. The fraction of sp³-hybridized carbons (Fsp3) is 0.737. The second-order valence-electron chi connectivity index (χ2n) is 5.72.